The van der Waals surface area contributed by atoms with Crippen molar-refractivity contribution in [2.24, 2.45) is 0 Å². The first-order valence-electron chi connectivity index (χ1n) is 14.5. The van der Waals surface area contributed by atoms with E-state index in [0.717, 1.165) is 0 Å². The van der Waals surface area contributed by atoms with Gasteiger partial charge in [-0.3, -0.25) is 19.2 Å². The van der Waals surface area contributed by atoms with Crippen molar-refractivity contribution < 1.29 is 23.5 Å². The first-order chi connectivity index (χ1) is 20.0. The van der Waals surface area contributed by atoms with Crippen molar-refractivity contribution in [3.63, 3.8) is 0 Å². The number of fused-ring (bicyclic) bond motifs is 1. The smallest absolute Gasteiger partial charge is 0.330 e. The van der Waals surface area contributed by atoms with Crippen molar-refractivity contribution in [3.8, 4) is 0 Å². The molecular weight excluding hydrogens is 554 g/mol. The number of hydrogen-bond acceptors (Lipinski definition) is 8. The second-order valence-corrected chi connectivity index (χ2v) is 16.9. The fourth-order valence-corrected chi connectivity index (χ4v) is 11.1. The van der Waals surface area contributed by atoms with Crippen molar-refractivity contribution in [1.82, 2.24) is 14.6 Å². The SMILES string of the molecule is CC1(C)O[C@@H]2[C@H](O1)[C@@H](CO[Si](c1ccccc1)(c1ccccc1)C(C)(C)C)O[C@H]2N1CC[C@H](n2ccc(=O)[nH]c2=O)O1. The molecule has 1 N–H and O–H groups in total. The summed E-state index contributed by atoms with van der Waals surface area (Å²) in [6.07, 6.45) is -0.349. The predicted octanol–water partition coefficient (Wildman–Crippen LogP) is 2.49. The fourth-order valence-electron chi connectivity index (χ4n) is 6.52. The number of hydroxylamine groups is 2. The molecular formula is C31H39N3O7Si. The Labute approximate surface area is 246 Å². The molecule has 3 aromatic rings. The Morgan fingerprint density at radius 3 is 2.17 bits per heavy atom. The molecule has 0 bridgehead atoms. The second kappa shape index (κ2) is 11.0. The molecule has 0 radical (unpaired) electrons. The van der Waals surface area contributed by atoms with Crippen LogP contribution in [-0.4, -0.2) is 66.4 Å². The Kier molecular flexibility index (Phi) is 7.63. The summed E-state index contributed by atoms with van der Waals surface area (Å²) >= 11 is 0. The van der Waals surface area contributed by atoms with Crippen LogP contribution in [0.15, 0.2) is 82.5 Å². The zero-order valence-corrected chi connectivity index (χ0v) is 25.7. The van der Waals surface area contributed by atoms with Crippen LogP contribution in [0.3, 0.4) is 0 Å². The maximum atomic E-state index is 12.4. The number of nitrogens with one attached hydrogen (secondary N) is 1. The molecule has 0 spiro atoms. The van der Waals surface area contributed by atoms with Gasteiger partial charge >= 0.3 is 5.69 Å². The molecule has 1 aromatic heterocycles. The van der Waals surface area contributed by atoms with Gasteiger partial charge in [0.2, 0.25) is 0 Å². The number of hydrogen-bond donors (Lipinski definition) is 1. The summed E-state index contributed by atoms with van der Waals surface area (Å²) in [7, 11) is -2.80. The third-order valence-electron chi connectivity index (χ3n) is 8.30. The van der Waals surface area contributed by atoms with E-state index in [0.29, 0.717) is 19.6 Å². The zero-order valence-electron chi connectivity index (χ0n) is 24.7. The summed E-state index contributed by atoms with van der Waals surface area (Å²) < 4.78 is 27.9. The molecule has 3 saturated heterocycles. The highest BCUT2D eigenvalue weighted by atomic mass is 28.4. The molecule has 224 valence electrons. The van der Waals surface area contributed by atoms with E-state index in [9.17, 15) is 9.59 Å². The largest absolute Gasteiger partial charge is 0.405 e. The standard InChI is InChI=1S/C31H39N3O7Si/c1-30(2,3)42(21-12-8-6-9-13-21,22-14-10-7-11-15-22)37-20-23-26-27(40-31(4,5)39-26)28(38-23)34-19-17-25(41-34)33-18-16-24(35)32-29(33)36/h6-16,18,23,25-28H,17,19-20H2,1-5H3,(H,32,35,36)/t23-,25-,26-,27-,28-/m1/s1. The summed E-state index contributed by atoms with van der Waals surface area (Å²) in [5.41, 5.74) is -0.965. The third-order valence-corrected chi connectivity index (χ3v) is 13.3. The Hall–Kier alpha value is -2.90. The summed E-state index contributed by atoms with van der Waals surface area (Å²) in [4.78, 5) is 32.4. The van der Waals surface area contributed by atoms with Crippen molar-refractivity contribution in [3.05, 3.63) is 93.8 Å². The van der Waals surface area contributed by atoms with Gasteiger partial charge in [-0.05, 0) is 29.3 Å². The molecule has 5 atom stereocenters. The van der Waals surface area contributed by atoms with E-state index in [2.05, 4.69) is 74.3 Å². The third kappa shape index (κ3) is 5.23. The molecule has 3 fully saturated rings. The minimum Gasteiger partial charge on any atom is -0.405 e. The topological polar surface area (TPSA) is 104 Å². The molecule has 10 nitrogen and oxygen atoms in total. The van der Waals surface area contributed by atoms with E-state index < -0.39 is 50.0 Å². The molecule has 6 rings (SSSR count). The number of H-pyrrole nitrogens is 1. The fraction of sp³-hybridized carbons (Fsp3) is 0.484. The van der Waals surface area contributed by atoms with Crippen LogP contribution in [-0.2, 0) is 23.5 Å². The second-order valence-electron chi connectivity index (χ2n) is 12.6. The minimum absolute atomic E-state index is 0.186. The monoisotopic (exact) mass is 593 g/mol. The van der Waals surface area contributed by atoms with Crippen LogP contribution in [0.1, 0.15) is 47.3 Å². The molecule has 3 aliphatic heterocycles. The minimum atomic E-state index is -2.80. The van der Waals surface area contributed by atoms with Crippen molar-refractivity contribution in [2.75, 3.05) is 13.2 Å². The molecule has 42 heavy (non-hydrogen) atoms. The van der Waals surface area contributed by atoms with Gasteiger partial charge in [-0.25, -0.2) is 4.79 Å². The summed E-state index contributed by atoms with van der Waals surface area (Å²) in [5.74, 6) is -0.804. The number of rotatable bonds is 7. The molecule has 11 heteroatoms. The van der Waals surface area contributed by atoms with Gasteiger partial charge in [0.1, 0.15) is 18.3 Å². The Bertz CT molecular complexity index is 1460. The van der Waals surface area contributed by atoms with E-state index in [4.69, 9.17) is 23.5 Å². The highest BCUT2D eigenvalue weighted by molar-refractivity contribution is 6.99. The van der Waals surface area contributed by atoms with E-state index in [-0.39, 0.29) is 11.1 Å². The van der Waals surface area contributed by atoms with Gasteiger partial charge in [-0.2, -0.15) is 5.06 Å². The van der Waals surface area contributed by atoms with Crippen molar-refractivity contribution in [2.45, 2.75) is 82.6 Å². The quantitative estimate of drug-likeness (QED) is 0.417. The van der Waals surface area contributed by atoms with E-state index in [1.807, 2.05) is 26.0 Å². The first-order valence-corrected chi connectivity index (χ1v) is 16.4. The maximum Gasteiger partial charge on any atom is 0.330 e. The van der Waals surface area contributed by atoms with Crippen LogP contribution in [0.5, 0.6) is 0 Å². The Balaban J connectivity index is 1.28. The number of aromatic amines is 1. The number of nitrogens with zero attached hydrogens (tertiary/aromatic N) is 2. The lowest BCUT2D eigenvalue weighted by atomic mass is 10.1. The Morgan fingerprint density at radius 2 is 1.57 bits per heavy atom. The lowest BCUT2D eigenvalue weighted by Gasteiger charge is -2.43. The molecule has 0 unspecified atom stereocenters. The van der Waals surface area contributed by atoms with E-state index >= 15 is 0 Å². The van der Waals surface area contributed by atoms with Gasteiger partial charge in [0.05, 0.1) is 6.61 Å². The molecule has 2 aromatic carbocycles. The van der Waals surface area contributed by atoms with Gasteiger partial charge in [-0.15, -0.1) is 0 Å². The first kappa shape index (κ1) is 29.2. The van der Waals surface area contributed by atoms with Crippen molar-refractivity contribution in [1.29, 1.82) is 0 Å². The van der Waals surface area contributed by atoms with Gasteiger partial charge in [0.15, 0.2) is 18.2 Å². The molecule has 0 saturated carbocycles. The normalized spacial score (nSPS) is 27.8. The number of ether oxygens (including phenoxy) is 3. The van der Waals surface area contributed by atoms with Gasteiger partial charge < -0.3 is 18.6 Å². The van der Waals surface area contributed by atoms with Crippen LogP contribution in [0, 0.1) is 0 Å². The van der Waals surface area contributed by atoms with Gasteiger partial charge in [0.25, 0.3) is 13.9 Å². The Morgan fingerprint density at radius 1 is 0.952 bits per heavy atom. The molecule has 4 heterocycles. The number of benzene rings is 2. The summed E-state index contributed by atoms with van der Waals surface area (Å²) in [6.45, 7) is 11.4. The maximum absolute atomic E-state index is 12.4. The summed E-state index contributed by atoms with van der Waals surface area (Å²) in [6, 6.07) is 22.3. The van der Waals surface area contributed by atoms with Crippen LogP contribution >= 0.6 is 0 Å². The molecule has 0 aliphatic carbocycles. The highest BCUT2D eigenvalue weighted by Gasteiger charge is 2.59. The predicted molar refractivity (Wildman–Crippen MR) is 159 cm³/mol. The van der Waals surface area contributed by atoms with E-state index in [1.54, 1.807) is 5.06 Å². The highest BCUT2D eigenvalue weighted by Crippen LogP contribution is 2.43. The average Bonchev–Trinajstić information content (AvgIpc) is 3.63. The average molecular weight is 594 g/mol. The molecule has 3 aliphatic rings. The lowest BCUT2D eigenvalue weighted by Crippen LogP contribution is -2.67. The van der Waals surface area contributed by atoms with Crippen LogP contribution in [0.4, 0.5) is 0 Å². The lowest BCUT2D eigenvalue weighted by molar-refractivity contribution is -0.284. The van der Waals surface area contributed by atoms with Gasteiger partial charge in [-0.1, -0.05) is 81.4 Å². The van der Waals surface area contributed by atoms with Crippen LogP contribution < -0.4 is 21.6 Å². The summed E-state index contributed by atoms with van der Waals surface area (Å²) in [5, 5.41) is 3.92. The van der Waals surface area contributed by atoms with Crippen LogP contribution in [0.25, 0.3) is 0 Å². The van der Waals surface area contributed by atoms with E-state index in [1.165, 1.54) is 27.2 Å². The molecule has 0 amide bonds. The van der Waals surface area contributed by atoms with Gasteiger partial charge in [0, 0.05) is 25.2 Å². The number of aromatic nitrogens is 2. The zero-order chi connectivity index (χ0) is 29.7. The van der Waals surface area contributed by atoms with Crippen LogP contribution in [0.2, 0.25) is 5.04 Å². The van der Waals surface area contributed by atoms with Crippen molar-refractivity contribution >= 4 is 18.7 Å².